The van der Waals surface area contributed by atoms with Crippen LogP contribution in [-0.4, -0.2) is 19.9 Å². The molecule has 0 amide bonds. The number of nitrogens with zero attached hydrogens (tertiary/aromatic N) is 2. The lowest BCUT2D eigenvalue weighted by molar-refractivity contribution is 0.0515. The SMILES string of the molecule is [2H]c1c(C(C)OCc2cccc(F)c2F)c2cc3nc(cc4nc(cc5ccc(cc1[nH]2)[nH]5)C=C4)C=C3. The standard InChI is InChI=1S/C29H22F2N4O/c1-17(36-16-18-3-2-4-27(30)29(18)31)26-14-25-13-23-8-7-21(33-23)11-19-5-6-20(32-19)12-22-9-10-24(34-22)15-28(26)35-25/h2-15,17,33,35H,16H2,1H3/i14D. The number of halogens is 2. The van der Waals surface area contributed by atoms with Crippen LogP contribution in [0.1, 0.15) is 48.3 Å². The highest BCUT2D eigenvalue weighted by atomic mass is 19.2. The molecule has 8 bridgehead atoms. The minimum atomic E-state index is -0.927. The van der Waals surface area contributed by atoms with E-state index in [0.717, 1.165) is 34.2 Å². The number of hydrogen-bond acceptors (Lipinski definition) is 3. The molecule has 0 spiro atoms. The number of benzene rings is 1. The molecule has 1 aromatic carbocycles. The molecule has 3 aromatic heterocycles. The molecule has 5 heterocycles. The minimum Gasteiger partial charge on any atom is -0.369 e. The first-order chi connectivity index (χ1) is 17.9. The molecule has 0 saturated carbocycles. The summed E-state index contributed by atoms with van der Waals surface area (Å²) in [5.74, 6) is -1.85. The van der Waals surface area contributed by atoms with E-state index in [4.69, 9.17) is 6.11 Å². The Morgan fingerprint density at radius 3 is 2.25 bits per heavy atom. The molecular weight excluding hydrogens is 458 g/mol. The molecule has 6 rings (SSSR count). The smallest absolute Gasteiger partial charge is 0.164 e. The summed E-state index contributed by atoms with van der Waals surface area (Å²) < 4.78 is 42.6. The van der Waals surface area contributed by atoms with Gasteiger partial charge in [-0.05, 0) is 79.7 Å². The summed E-state index contributed by atoms with van der Waals surface area (Å²) in [4.78, 5) is 16.0. The van der Waals surface area contributed by atoms with Crippen molar-refractivity contribution in [1.82, 2.24) is 19.9 Å². The molecule has 0 saturated heterocycles. The lowest BCUT2D eigenvalue weighted by Crippen LogP contribution is -2.02. The fourth-order valence-corrected chi connectivity index (χ4v) is 4.24. The third kappa shape index (κ3) is 4.48. The van der Waals surface area contributed by atoms with Crippen LogP contribution >= 0.6 is 0 Å². The lowest BCUT2D eigenvalue weighted by Gasteiger charge is -2.13. The normalized spacial score (nSPS) is 13.7. The molecule has 2 aliphatic heterocycles. The Kier molecular flexibility index (Phi) is 5.25. The summed E-state index contributed by atoms with van der Waals surface area (Å²) in [5.41, 5.74) is 6.77. The molecule has 0 radical (unpaired) electrons. The van der Waals surface area contributed by atoms with Gasteiger partial charge in [-0.3, -0.25) is 0 Å². The molecule has 2 aliphatic rings. The van der Waals surface area contributed by atoms with Gasteiger partial charge < -0.3 is 14.7 Å². The summed E-state index contributed by atoms with van der Waals surface area (Å²) in [6.45, 7) is 1.66. The van der Waals surface area contributed by atoms with Gasteiger partial charge in [0.1, 0.15) is 0 Å². The second-order valence-electron chi connectivity index (χ2n) is 8.69. The van der Waals surface area contributed by atoms with Crippen molar-refractivity contribution in [3.8, 4) is 0 Å². The van der Waals surface area contributed by atoms with Crippen LogP contribution in [0.3, 0.4) is 0 Å². The van der Waals surface area contributed by atoms with Crippen molar-refractivity contribution in [2.45, 2.75) is 19.6 Å². The maximum Gasteiger partial charge on any atom is 0.164 e. The molecule has 178 valence electrons. The van der Waals surface area contributed by atoms with E-state index in [1.54, 1.807) is 6.92 Å². The Morgan fingerprint density at radius 1 is 0.833 bits per heavy atom. The van der Waals surface area contributed by atoms with E-state index in [1.807, 2.05) is 60.7 Å². The van der Waals surface area contributed by atoms with E-state index in [9.17, 15) is 8.78 Å². The summed E-state index contributed by atoms with van der Waals surface area (Å²) >= 11 is 0. The first-order valence-corrected chi connectivity index (χ1v) is 11.6. The fourth-order valence-electron chi connectivity index (χ4n) is 4.24. The van der Waals surface area contributed by atoms with E-state index >= 15 is 0 Å². The Bertz CT molecular complexity index is 1750. The van der Waals surface area contributed by atoms with Gasteiger partial charge in [0.2, 0.25) is 0 Å². The van der Waals surface area contributed by atoms with Crippen molar-refractivity contribution in [2.24, 2.45) is 0 Å². The van der Waals surface area contributed by atoms with Gasteiger partial charge in [-0.25, -0.2) is 18.7 Å². The fraction of sp³-hybridized carbons (Fsp3) is 0.103. The van der Waals surface area contributed by atoms with Crippen LogP contribution in [0.15, 0.2) is 60.6 Å². The number of H-pyrrole nitrogens is 2. The number of aromatic amines is 2. The van der Waals surface area contributed by atoms with E-state index < -0.39 is 17.7 Å². The Hall–Kier alpha value is -4.36. The van der Waals surface area contributed by atoms with Crippen LogP contribution in [-0.2, 0) is 11.3 Å². The second-order valence-corrected chi connectivity index (χ2v) is 8.69. The van der Waals surface area contributed by atoms with Gasteiger partial charge in [0.05, 0.1) is 36.9 Å². The highest BCUT2D eigenvalue weighted by molar-refractivity contribution is 5.78. The molecule has 1 atom stereocenters. The number of hydrogen-bond donors (Lipinski definition) is 2. The summed E-state index contributed by atoms with van der Waals surface area (Å²) in [7, 11) is 0. The van der Waals surface area contributed by atoms with Crippen LogP contribution in [0.5, 0.6) is 0 Å². The summed E-state index contributed by atoms with van der Waals surface area (Å²) in [6, 6.07) is 15.7. The maximum absolute atomic E-state index is 14.2. The van der Waals surface area contributed by atoms with Crippen molar-refractivity contribution in [3.05, 3.63) is 106 Å². The van der Waals surface area contributed by atoms with Crippen molar-refractivity contribution >= 4 is 46.4 Å². The molecule has 0 aliphatic carbocycles. The molecule has 5 nitrogen and oxygen atoms in total. The molecule has 0 fully saturated rings. The summed E-state index contributed by atoms with van der Waals surface area (Å²) in [5, 5.41) is 0. The molecule has 7 heteroatoms. The van der Waals surface area contributed by atoms with Crippen molar-refractivity contribution in [1.29, 1.82) is 0 Å². The average Bonchev–Trinajstić information content (AvgIpc) is 3.66. The lowest BCUT2D eigenvalue weighted by atomic mass is 10.1. The van der Waals surface area contributed by atoms with Crippen molar-refractivity contribution < 1.29 is 14.9 Å². The predicted octanol–water partition coefficient (Wildman–Crippen LogP) is 7.21. The zero-order chi connectivity index (χ0) is 25.5. The average molecular weight is 482 g/mol. The Balaban J connectivity index is 1.50. The Morgan fingerprint density at radius 2 is 1.50 bits per heavy atom. The highest BCUT2D eigenvalue weighted by Gasteiger charge is 2.14. The van der Waals surface area contributed by atoms with Crippen LogP contribution in [0.25, 0.3) is 46.4 Å². The first kappa shape index (κ1) is 21.0. The second kappa shape index (κ2) is 9.02. The van der Waals surface area contributed by atoms with E-state index in [1.165, 1.54) is 12.1 Å². The third-order valence-electron chi connectivity index (χ3n) is 6.04. The third-order valence-corrected chi connectivity index (χ3v) is 6.04. The first-order valence-electron chi connectivity index (χ1n) is 12.1. The largest absolute Gasteiger partial charge is 0.369 e. The Labute approximate surface area is 207 Å². The van der Waals surface area contributed by atoms with Gasteiger partial charge in [-0.15, -0.1) is 0 Å². The molecule has 4 aromatic rings. The zero-order valence-corrected chi connectivity index (χ0v) is 19.3. The molecule has 36 heavy (non-hydrogen) atoms. The van der Waals surface area contributed by atoms with E-state index in [2.05, 4.69) is 19.9 Å². The summed E-state index contributed by atoms with van der Waals surface area (Å²) in [6.07, 6.45) is 7.11. The minimum absolute atomic E-state index is 0.119. The monoisotopic (exact) mass is 481 g/mol. The number of nitrogens with one attached hydrogen (secondary N) is 2. The predicted molar refractivity (Wildman–Crippen MR) is 138 cm³/mol. The van der Waals surface area contributed by atoms with Crippen molar-refractivity contribution in [3.63, 3.8) is 0 Å². The van der Waals surface area contributed by atoms with Crippen molar-refractivity contribution in [2.75, 3.05) is 0 Å². The highest BCUT2D eigenvalue weighted by Crippen LogP contribution is 2.27. The molecule has 2 N–H and O–H groups in total. The maximum atomic E-state index is 14.2. The topological polar surface area (TPSA) is 66.6 Å². The number of rotatable bonds is 4. The number of fused-ring (bicyclic) bond motifs is 8. The number of ether oxygens (including phenoxy) is 1. The van der Waals surface area contributed by atoms with E-state index in [0.29, 0.717) is 22.3 Å². The van der Waals surface area contributed by atoms with Gasteiger partial charge in [0.15, 0.2) is 11.6 Å². The van der Waals surface area contributed by atoms with Gasteiger partial charge >= 0.3 is 0 Å². The quantitative estimate of drug-likeness (QED) is 0.280. The van der Waals surface area contributed by atoms with Gasteiger partial charge in [-0.2, -0.15) is 0 Å². The van der Waals surface area contributed by atoms with Gasteiger partial charge in [-0.1, -0.05) is 12.1 Å². The van der Waals surface area contributed by atoms with Crippen LogP contribution in [0.2, 0.25) is 0 Å². The van der Waals surface area contributed by atoms with Crippen LogP contribution in [0, 0.1) is 11.6 Å². The zero-order valence-electron chi connectivity index (χ0n) is 20.3. The number of aromatic nitrogens is 4. The van der Waals surface area contributed by atoms with Crippen LogP contribution in [0.4, 0.5) is 8.78 Å². The van der Waals surface area contributed by atoms with Crippen LogP contribution < -0.4 is 0 Å². The van der Waals surface area contributed by atoms with Gasteiger partial charge in [0, 0.05) is 33.2 Å². The molecule has 1 unspecified atom stereocenters. The van der Waals surface area contributed by atoms with Gasteiger partial charge in [0.25, 0.3) is 0 Å². The molecular formula is C29H22F2N4O. The van der Waals surface area contributed by atoms with E-state index in [-0.39, 0.29) is 18.2 Å².